The highest BCUT2D eigenvalue weighted by Gasteiger charge is 2.51. The van der Waals surface area contributed by atoms with Crippen LogP contribution in [0.5, 0.6) is 11.5 Å². The first-order valence-corrected chi connectivity index (χ1v) is 8.91. The maximum Gasteiger partial charge on any atom is 0.494 e. The summed E-state index contributed by atoms with van der Waals surface area (Å²) in [6.07, 6.45) is 0. The Labute approximate surface area is 161 Å². The van der Waals surface area contributed by atoms with Gasteiger partial charge in [-0.25, -0.2) is 0 Å². The fraction of sp³-hybridized carbons (Fsp3) is 0.381. The first-order valence-electron chi connectivity index (χ1n) is 8.91. The molecule has 1 heterocycles. The molecule has 27 heavy (non-hydrogen) atoms. The van der Waals surface area contributed by atoms with E-state index in [9.17, 15) is 0 Å². The number of nitriles is 1. The van der Waals surface area contributed by atoms with E-state index in [0.717, 1.165) is 11.0 Å². The molecule has 1 saturated heterocycles. The number of hydrogen-bond donors (Lipinski definition) is 0. The smallest absolute Gasteiger partial charge is 0.494 e. The maximum atomic E-state index is 9.09. The second kappa shape index (κ2) is 7.26. The van der Waals surface area contributed by atoms with Crippen molar-refractivity contribution in [3.8, 4) is 17.6 Å². The van der Waals surface area contributed by atoms with Gasteiger partial charge in [-0.15, -0.1) is 0 Å². The van der Waals surface area contributed by atoms with Crippen molar-refractivity contribution in [2.75, 3.05) is 7.11 Å². The summed E-state index contributed by atoms with van der Waals surface area (Å²) in [5.41, 5.74) is 1.51. The van der Waals surface area contributed by atoms with Crippen LogP contribution >= 0.6 is 0 Å². The molecule has 0 spiro atoms. The summed E-state index contributed by atoms with van der Waals surface area (Å²) in [7, 11) is 1.17. The van der Waals surface area contributed by atoms with Gasteiger partial charge < -0.3 is 18.8 Å². The van der Waals surface area contributed by atoms with Crippen LogP contribution in [0.25, 0.3) is 0 Å². The third-order valence-electron chi connectivity index (χ3n) is 5.19. The van der Waals surface area contributed by atoms with Crippen LogP contribution in [0.3, 0.4) is 0 Å². The number of ether oxygens (including phenoxy) is 2. The van der Waals surface area contributed by atoms with Gasteiger partial charge in [0.05, 0.1) is 29.9 Å². The maximum absolute atomic E-state index is 9.09. The predicted octanol–water partition coefficient (Wildman–Crippen LogP) is 3.45. The summed E-state index contributed by atoms with van der Waals surface area (Å²) < 4.78 is 23.5. The van der Waals surface area contributed by atoms with Gasteiger partial charge in [-0.2, -0.15) is 5.26 Å². The molecule has 140 valence electrons. The molecule has 0 atom stereocenters. The van der Waals surface area contributed by atoms with Crippen LogP contribution in [0.15, 0.2) is 42.5 Å². The zero-order valence-electron chi connectivity index (χ0n) is 16.4. The third-order valence-corrected chi connectivity index (χ3v) is 5.19. The van der Waals surface area contributed by atoms with Crippen LogP contribution in [0, 0.1) is 11.3 Å². The highest BCUT2D eigenvalue weighted by atomic mass is 16.7. The molecule has 0 aliphatic carbocycles. The monoisotopic (exact) mass is 365 g/mol. The summed E-state index contributed by atoms with van der Waals surface area (Å²) in [4.78, 5) is 0. The van der Waals surface area contributed by atoms with Crippen molar-refractivity contribution < 1.29 is 18.8 Å². The lowest BCUT2D eigenvalue weighted by Gasteiger charge is -2.32. The van der Waals surface area contributed by atoms with E-state index in [-0.39, 0.29) is 11.2 Å². The van der Waals surface area contributed by atoms with Gasteiger partial charge in [0, 0.05) is 5.56 Å². The Morgan fingerprint density at radius 2 is 1.74 bits per heavy atom. The first kappa shape index (κ1) is 19.3. The molecule has 2 aromatic rings. The van der Waals surface area contributed by atoms with E-state index in [1.165, 1.54) is 0 Å². The van der Waals surface area contributed by atoms with E-state index < -0.39 is 7.12 Å². The minimum atomic E-state index is -0.435. The number of hydrogen-bond acceptors (Lipinski definition) is 5. The molecule has 3 rings (SSSR count). The Bertz CT molecular complexity index is 857. The van der Waals surface area contributed by atoms with Crippen molar-refractivity contribution in [1.82, 2.24) is 0 Å². The van der Waals surface area contributed by atoms with Gasteiger partial charge in [0.2, 0.25) is 0 Å². The molecule has 0 amide bonds. The van der Waals surface area contributed by atoms with Crippen LogP contribution in [0.4, 0.5) is 0 Å². The standard InChI is InChI=1S/C21H24BNO4/c1-20(2)21(3,4)27-22(26-20)17-7-6-8-18(12-17)25-14-16-11-15(13-23)9-10-19(16)24-5/h6-12H,14H2,1-5H3. The summed E-state index contributed by atoms with van der Waals surface area (Å²) in [6.45, 7) is 8.42. The zero-order chi connectivity index (χ0) is 19.7. The lowest BCUT2D eigenvalue weighted by Crippen LogP contribution is -2.41. The molecule has 5 nitrogen and oxygen atoms in total. The van der Waals surface area contributed by atoms with Gasteiger partial charge >= 0.3 is 7.12 Å². The lowest BCUT2D eigenvalue weighted by atomic mass is 9.79. The van der Waals surface area contributed by atoms with Gasteiger partial charge in [-0.1, -0.05) is 12.1 Å². The topological polar surface area (TPSA) is 60.7 Å². The minimum absolute atomic E-state index is 0.297. The highest BCUT2D eigenvalue weighted by Crippen LogP contribution is 2.36. The van der Waals surface area contributed by atoms with Gasteiger partial charge in [0.25, 0.3) is 0 Å². The summed E-state index contributed by atoms with van der Waals surface area (Å²) >= 11 is 0. The number of benzene rings is 2. The molecular weight excluding hydrogens is 341 g/mol. The highest BCUT2D eigenvalue weighted by molar-refractivity contribution is 6.62. The average Bonchev–Trinajstić information content (AvgIpc) is 2.87. The second-order valence-electron chi connectivity index (χ2n) is 7.59. The molecule has 6 heteroatoms. The normalized spacial score (nSPS) is 17.4. The molecule has 1 fully saturated rings. The molecule has 1 aliphatic heterocycles. The van der Waals surface area contributed by atoms with Gasteiger partial charge in [0.1, 0.15) is 18.1 Å². The van der Waals surface area contributed by atoms with Crippen LogP contribution in [0.1, 0.15) is 38.8 Å². The molecule has 0 aromatic heterocycles. The van der Waals surface area contributed by atoms with Crippen molar-refractivity contribution in [3.05, 3.63) is 53.6 Å². The summed E-state index contributed by atoms with van der Waals surface area (Å²) in [5.74, 6) is 1.39. The van der Waals surface area contributed by atoms with Crippen LogP contribution in [0.2, 0.25) is 0 Å². The Morgan fingerprint density at radius 3 is 2.37 bits per heavy atom. The van der Waals surface area contributed by atoms with Crippen molar-refractivity contribution in [3.63, 3.8) is 0 Å². The third kappa shape index (κ3) is 3.95. The SMILES string of the molecule is COc1ccc(C#N)cc1COc1cccc(B2OC(C)(C)C(C)(C)O2)c1. The van der Waals surface area contributed by atoms with E-state index in [1.54, 1.807) is 25.3 Å². The van der Waals surface area contributed by atoms with Crippen molar-refractivity contribution in [2.24, 2.45) is 0 Å². The summed E-state index contributed by atoms with van der Waals surface area (Å²) in [5, 5.41) is 9.09. The van der Waals surface area contributed by atoms with Crippen LogP contribution < -0.4 is 14.9 Å². The molecule has 0 radical (unpaired) electrons. The van der Waals surface area contributed by atoms with Gasteiger partial charge in [-0.05, 0) is 63.5 Å². The molecular formula is C21H24BNO4. The molecule has 0 bridgehead atoms. The number of rotatable bonds is 5. The Balaban J connectivity index is 1.75. The van der Waals surface area contributed by atoms with Crippen molar-refractivity contribution in [2.45, 2.75) is 45.5 Å². The minimum Gasteiger partial charge on any atom is -0.496 e. The second-order valence-corrected chi connectivity index (χ2v) is 7.59. The average molecular weight is 365 g/mol. The quantitative estimate of drug-likeness (QED) is 0.760. The summed E-state index contributed by atoms with van der Waals surface area (Å²) in [6, 6.07) is 15.1. The van der Waals surface area contributed by atoms with Crippen LogP contribution in [-0.4, -0.2) is 25.4 Å². The van der Waals surface area contributed by atoms with E-state index in [1.807, 2.05) is 52.0 Å². The van der Waals surface area contributed by atoms with E-state index >= 15 is 0 Å². The van der Waals surface area contributed by atoms with E-state index in [2.05, 4.69) is 6.07 Å². The lowest BCUT2D eigenvalue weighted by molar-refractivity contribution is 0.00578. The van der Waals surface area contributed by atoms with E-state index in [0.29, 0.717) is 23.7 Å². The molecule has 2 aromatic carbocycles. The molecule has 0 N–H and O–H groups in total. The van der Waals surface area contributed by atoms with Gasteiger partial charge in [0.15, 0.2) is 0 Å². The largest absolute Gasteiger partial charge is 0.496 e. The van der Waals surface area contributed by atoms with Crippen molar-refractivity contribution in [1.29, 1.82) is 5.26 Å². The van der Waals surface area contributed by atoms with Gasteiger partial charge in [-0.3, -0.25) is 0 Å². The fourth-order valence-corrected chi connectivity index (χ4v) is 2.85. The van der Waals surface area contributed by atoms with Crippen molar-refractivity contribution >= 4 is 12.6 Å². The fourth-order valence-electron chi connectivity index (χ4n) is 2.85. The molecule has 0 saturated carbocycles. The van der Waals surface area contributed by atoms with Crippen LogP contribution in [-0.2, 0) is 15.9 Å². The molecule has 0 unspecified atom stereocenters. The van der Waals surface area contributed by atoms with E-state index in [4.69, 9.17) is 24.0 Å². The Kier molecular flexibility index (Phi) is 5.19. The zero-order valence-corrected chi connectivity index (χ0v) is 16.4. The molecule has 1 aliphatic rings. The Morgan fingerprint density at radius 1 is 1.04 bits per heavy atom. The first-order chi connectivity index (χ1) is 12.8. The number of nitrogens with zero attached hydrogens (tertiary/aromatic N) is 1. The predicted molar refractivity (Wildman–Crippen MR) is 104 cm³/mol. The number of methoxy groups -OCH3 is 1. The Hall–Kier alpha value is -2.49.